The molecular weight excluding hydrogens is 336 g/mol. The summed E-state index contributed by atoms with van der Waals surface area (Å²) in [5, 5.41) is 22.4. The van der Waals surface area contributed by atoms with Gasteiger partial charge < -0.3 is 10.2 Å². The number of fused-ring (bicyclic) bond motifs is 5. The zero-order valence-electron chi connectivity index (χ0n) is 17.5. The van der Waals surface area contributed by atoms with Crippen LogP contribution in [0.25, 0.3) is 0 Å². The summed E-state index contributed by atoms with van der Waals surface area (Å²) in [5.41, 5.74) is 0.798. The zero-order valence-corrected chi connectivity index (χ0v) is 17.5. The van der Waals surface area contributed by atoms with Gasteiger partial charge in [0.2, 0.25) is 0 Å². The van der Waals surface area contributed by atoms with Crippen LogP contribution in [0.4, 0.5) is 0 Å². The second-order valence-corrected chi connectivity index (χ2v) is 10.6. The van der Waals surface area contributed by atoms with Crippen LogP contribution < -0.4 is 0 Å². The maximum atomic E-state index is 11.9. The minimum absolute atomic E-state index is 0.0474. The fourth-order valence-electron chi connectivity index (χ4n) is 8.05. The van der Waals surface area contributed by atoms with E-state index in [9.17, 15) is 15.0 Å². The number of rotatable bonds is 2. The third kappa shape index (κ3) is 2.31. The molecule has 3 nitrogen and oxygen atoms in total. The van der Waals surface area contributed by atoms with Gasteiger partial charge in [0.05, 0.1) is 12.2 Å². The maximum absolute atomic E-state index is 11.9. The lowest BCUT2D eigenvalue weighted by Gasteiger charge is -2.61. The van der Waals surface area contributed by atoms with Crippen LogP contribution in [0.5, 0.6) is 0 Å². The number of hydrogen-bond acceptors (Lipinski definition) is 3. The third-order valence-electron chi connectivity index (χ3n) is 9.83. The lowest BCUT2D eigenvalue weighted by atomic mass is 9.44. The second kappa shape index (κ2) is 6.03. The summed E-state index contributed by atoms with van der Waals surface area (Å²) in [6, 6.07) is 0. The molecule has 0 heterocycles. The first-order valence-corrected chi connectivity index (χ1v) is 10.9. The number of ketones is 1. The Hall–Kier alpha value is -0.930. The van der Waals surface area contributed by atoms with E-state index in [1.807, 2.05) is 6.08 Å². The van der Waals surface area contributed by atoms with E-state index in [4.69, 9.17) is 0 Å². The van der Waals surface area contributed by atoms with Gasteiger partial charge in [0.25, 0.3) is 0 Å². The molecule has 4 aliphatic rings. The molecule has 4 aliphatic carbocycles. The summed E-state index contributed by atoms with van der Waals surface area (Å²) in [6.45, 7) is 11.2. The third-order valence-corrected chi connectivity index (χ3v) is 9.83. The van der Waals surface area contributed by atoms with Crippen molar-refractivity contribution in [2.45, 2.75) is 78.9 Å². The number of aliphatic hydroxyl groups excluding tert-OH is 2. The van der Waals surface area contributed by atoms with Crippen LogP contribution >= 0.6 is 0 Å². The predicted octanol–water partition coefficient (Wildman–Crippen LogP) is 4.29. The number of carbonyl (C=O) groups excluding carboxylic acids is 1. The van der Waals surface area contributed by atoms with Crippen LogP contribution in [0.15, 0.2) is 23.8 Å². The van der Waals surface area contributed by atoms with E-state index in [0.717, 1.165) is 32.1 Å². The molecule has 150 valence electrons. The van der Waals surface area contributed by atoms with Crippen molar-refractivity contribution in [1.29, 1.82) is 0 Å². The van der Waals surface area contributed by atoms with Crippen molar-refractivity contribution in [3.05, 3.63) is 23.8 Å². The molecule has 27 heavy (non-hydrogen) atoms. The SMILES string of the molecule is CCC(O)[C@@]1(C)[C@H](C)C[C@H]2[C@@H]3CCC4=CC(=O)C=C[C@]4(C)[C@H]3[C@@H](O)C[C@@]21C. The average Bonchev–Trinajstić information content (AvgIpc) is 2.82. The van der Waals surface area contributed by atoms with Crippen molar-refractivity contribution in [3.63, 3.8) is 0 Å². The summed E-state index contributed by atoms with van der Waals surface area (Å²) < 4.78 is 0. The van der Waals surface area contributed by atoms with Crippen molar-refractivity contribution in [1.82, 2.24) is 0 Å². The highest BCUT2D eigenvalue weighted by molar-refractivity contribution is 6.01. The molecule has 1 unspecified atom stereocenters. The van der Waals surface area contributed by atoms with Crippen LogP contribution in [-0.4, -0.2) is 28.2 Å². The van der Waals surface area contributed by atoms with Gasteiger partial charge in [0.15, 0.2) is 5.78 Å². The molecule has 0 aromatic rings. The fourth-order valence-corrected chi connectivity index (χ4v) is 8.05. The van der Waals surface area contributed by atoms with Crippen LogP contribution in [0.2, 0.25) is 0 Å². The Kier molecular flexibility index (Phi) is 4.33. The minimum atomic E-state index is -0.392. The molecule has 0 aromatic carbocycles. The maximum Gasteiger partial charge on any atom is 0.178 e. The van der Waals surface area contributed by atoms with E-state index >= 15 is 0 Å². The van der Waals surface area contributed by atoms with Gasteiger partial charge in [-0.25, -0.2) is 0 Å². The van der Waals surface area contributed by atoms with Gasteiger partial charge in [-0.3, -0.25) is 4.79 Å². The second-order valence-electron chi connectivity index (χ2n) is 10.6. The lowest BCUT2D eigenvalue weighted by molar-refractivity contribution is -0.160. The van der Waals surface area contributed by atoms with Gasteiger partial charge in [-0.05, 0) is 67.4 Å². The highest BCUT2D eigenvalue weighted by atomic mass is 16.3. The number of carbonyl (C=O) groups is 1. The molecule has 9 atom stereocenters. The van der Waals surface area contributed by atoms with Crippen LogP contribution in [0.1, 0.15) is 66.7 Å². The topological polar surface area (TPSA) is 57.5 Å². The Bertz CT molecular complexity index is 708. The first kappa shape index (κ1) is 19.4. The van der Waals surface area contributed by atoms with Crippen molar-refractivity contribution >= 4 is 5.78 Å². The molecule has 4 rings (SSSR count). The van der Waals surface area contributed by atoms with Gasteiger partial charge in [0, 0.05) is 16.7 Å². The largest absolute Gasteiger partial charge is 0.393 e. The standard InChI is InChI=1S/C24H36O3/c1-6-20(27)24(5)14(2)11-18-17-8-7-15-12-16(25)9-10-22(15,3)21(17)19(26)13-23(18,24)4/h9-10,12,14,17-21,26-27H,6-8,11,13H2,1-5H3/t14-,17+,18+,19+,20?,21-,22+,23+,24-/m1/s1. The molecule has 3 fully saturated rings. The van der Waals surface area contributed by atoms with Crippen molar-refractivity contribution < 1.29 is 15.0 Å². The van der Waals surface area contributed by atoms with E-state index in [1.165, 1.54) is 5.57 Å². The molecule has 0 bridgehead atoms. The summed E-state index contributed by atoms with van der Waals surface area (Å²) in [5.74, 6) is 1.68. The first-order valence-electron chi connectivity index (χ1n) is 10.9. The van der Waals surface area contributed by atoms with Gasteiger partial charge in [-0.15, -0.1) is 0 Å². The lowest BCUT2D eigenvalue weighted by Crippen LogP contribution is -2.59. The number of allylic oxidation sites excluding steroid dienone is 4. The molecule has 0 spiro atoms. The highest BCUT2D eigenvalue weighted by Crippen LogP contribution is 2.71. The zero-order chi connectivity index (χ0) is 19.8. The minimum Gasteiger partial charge on any atom is -0.393 e. The van der Waals surface area contributed by atoms with Crippen molar-refractivity contribution in [2.24, 2.45) is 39.9 Å². The molecule has 3 heteroatoms. The Morgan fingerprint density at radius 3 is 2.67 bits per heavy atom. The van der Waals surface area contributed by atoms with Gasteiger partial charge in [-0.1, -0.05) is 46.3 Å². The van der Waals surface area contributed by atoms with Gasteiger partial charge in [-0.2, -0.15) is 0 Å². The Morgan fingerprint density at radius 1 is 1.30 bits per heavy atom. The van der Waals surface area contributed by atoms with E-state index < -0.39 is 6.10 Å². The fraction of sp³-hybridized carbons (Fsp3) is 0.792. The summed E-state index contributed by atoms with van der Waals surface area (Å²) in [4.78, 5) is 11.9. The molecule has 0 amide bonds. The molecule has 0 radical (unpaired) electrons. The summed E-state index contributed by atoms with van der Waals surface area (Å²) >= 11 is 0. The molecular formula is C24H36O3. The molecule has 0 aromatic heterocycles. The molecule has 3 saturated carbocycles. The summed E-state index contributed by atoms with van der Waals surface area (Å²) in [7, 11) is 0. The van der Waals surface area contributed by atoms with Gasteiger partial charge in [0.1, 0.15) is 0 Å². The van der Waals surface area contributed by atoms with E-state index in [-0.39, 0.29) is 34.1 Å². The van der Waals surface area contributed by atoms with Crippen LogP contribution in [0, 0.1) is 39.9 Å². The summed E-state index contributed by atoms with van der Waals surface area (Å²) in [6.07, 6.45) is 9.54. The Morgan fingerprint density at radius 2 is 2.00 bits per heavy atom. The van der Waals surface area contributed by atoms with E-state index in [1.54, 1.807) is 6.08 Å². The van der Waals surface area contributed by atoms with E-state index in [2.05, 4.69) is 40.7 Å². The van der Waals surface area contributed by atoms with Crippen LogP contribution in [-0.2, 0) is 4.79 Å². The monoisotopic (exact) mass is 372 g/mol. The first-order chi connectivity index (χ1) is 12.6. The highest BCUT2D eigenvalue weighted by Gasteiger charge is 2.68. The van der Waals surface area contributed by atoms with Gasteiger partial charge >= 0.3 is 0 Å². The Balaban J connectivity index is 1.77. The molecule has 2 N–H and O–H groups in total. The molecule has 0 aliphatic heterocycles. The number of hydrogen-bond donors (Lipinski definition) is 2. The Labute approximate surface area is 163 Å². The normalized spacial score (nSPS) is 52.6. The van der Waals surface area contributed by atoms with Crippen molar-refractivity contribution in [2.75, 3.05) is 0 Å². The average molecular weight is 373 g/mol. The predicted molar refractivity (Wildman–Crippen MR) is 107 cm³/mol. The van der Waals surface area contributed by atoms with Crippen LogP contribution in [0.3, 0.4) is 0 Å². The molecule has 0 saturated heterocycles. The van der Waals surface area contributed by atoms with Crippen molar-refractivity contribution in [3.8, 4) is 0 Å². The number of aliphatic hydroxyl groups is 2. The smallest absolute Gasteiger partial charge is 0.178 e. The quantitative estimate of drug-likeness (QED) is 0.760. The van der Waals surface area contributed by atoms with E-state index in [0.29, 0.717) is 17.8 Å².